The Morgan fingerprint density at radius 2 is 1.71 bits per heavy atom. The number of carbonyl (C=O) groups is 1. The molecule has 24 heavy (non-hydrogen) atoms. The average Bonchev–Trinajstić information content (AvgIpc) is 2.53. The number of nitro benzene ring substituents is 1. The van der Waals surface area contributed by atoms with Gasteiger partial charge in [0.05, 0.1) is 4.92 Å². The highest BCUT2D eigenvalue weighted by Gasteiger charge is 2.50. The average molecular weight is 328 g/mol. The van der Waals surface area contributed by atoms with Crippen molar-refractivity contribution in [2.45, 2.75) is 44.9 Å². The van der Waals surface area contributed by atoms with Crippen molar-refractivity contribution in [1.82, 2.24) is 5.32 Å². The molecule has 0 heterocycles. The van der Waals surface area contributed by atoms with E-state index in [0.717, 1.165) is 24.2 Å². The summed E-state index contributed by atoms with van der Waals surface area (Å²) in [6.45, 7) is 0.622. The Morgan fingerprint density at radius 1 is 1.12 bits per heavy atom. The monoisotopic (exact) mass is 328 g/mol. The molecule has 128 valence electrons. The van der Waals surface area contributed by atoms with E-state index in [-0.39, 0.29) is 17.2 Å². The highest BCUT2D eigenvalue weighted by atomic mass is 16.6. The minimum atomic E-state index is -0.492. The van der Waals surface area contributed by atoms with Crippen molar-refractivity contribution >= 4 is 11.6 Å². The quantitative estimate of drug-likeness (QED) is 0.657. The van der Waals surface area contributed by atoms with Crippen LogP contribution >= 0.6 is 0 Å². The van der Waals surface area contributed by atoms with Crippen LogP contribution in [0.1, 0.15) is 55.3 Å². The van der Waals surface area contributed by atoms with Crippen LogP contribution < -0.4 is 5.32 Å². The molecule has 1 N–H and O–H groups in total. The van der Waals surface area contributed by atoms with Gasteiger partial charge < -0.3 is 5.32 Å². The largest absolute Gasteiger partial charge is 0.352 e. The lowest BCUT2D eigenvalue weighted by Crippen LogP contribution is -2.47. The first-order valence-corrected chi connectivity index (χ1v) is 9.06. The van der Waals surface area contributed by atoms with Crippen LogP contribution in [0.4, 0.5) is 5.69 Å². The van der Waals surface area contributed by atoms with Gasteiger partial charge in [-0.2, -0.15) is 0 Å². The summed E-state index contributed by atoms with van der Waals surface area (Å²) in [6, 6.07) is 6.16. The van der Waals surface area contributed by atoms with E-state index in [1.165, 1.54) is 50.7 Å². The number of para-hydroxylation sites is 1. The molecule has 0 aliphatic heterocycles. The van der Waals surface area contributed by atoms with E-state index in [2.05, 4.69) is 5.32 Å². The molecule has 5 nitrogen and oxygen atoms in total. The van der Waals surface area contributed by atoms with Gasteiger partial charge in [-0.15, -0.1) is 0 Å². The van der Waals surface area contributed by atoms with Gasteiger partial charge in [0, 0.05) is 12.6 Å². The van der Waals surface area contributed by atoms with Crippen molar-refractivity contribution in [2.75, 3.05) is 6.54 Å². The molecular formula is C19H24N2O3. The van der Waals surface area contributed by atoms with Crippen LogP contribution in [-0.2, 0) is 0 Å². The molecule has 0 atom stereocenters. The van der Waals surface area contributed by atoms with Gasteiger partial charge in [-0.05, 0) is 74.2 Å². The fourth-order valence-electron chi connectivity index (χ4n) is 5.96. The molecule has 0 spiro atoms. The van der Waals surface area contributed by atoms with Crippen molar-refractivity contribution < 1.29 is 9.72 Å². The highest BCUT2D eigenvalue weighted by Crippen LogP contribution is 2.61. The SMILES string of the molecule is O=C(NCCC12CC3CC(CC(C3)C1)C2)c1ccccc1[N+](=O)[O-]. The lowest BCUT2D eigenvalue weighted by molar-refractivity contribution is -0.385. The molecule has 1 amide bonds. The molecule has 0 radical (unpaired) electrons. The Bertz CT molecular complexity index is 635. The van der Waals surface area contributed by atoms with Gasteiger partial charge in [-0.25, -0.2) is 0 Å². The van der Waals surface area contributed by atoms with Gasteiger partial charge in [-0.1, -0.05) is 12.1 Å². The maximum absolute atomic E-state index is 12.3. The minimum absolute atomic E-state index is 0.121. The first-order chi connectivity index (χ1) is 11.5. The van der Waals surface area contributed by atoms with E-state index in [4.69, 9.17) is 0 Å². The lowest BCUT2D eigenvalue weighted by Gasteiger charge is -2.57. The van der Waals surface area contributed by atoms with Crippen LogP contribution in [0.5, 0.6) is 0 Å². The summed E-state index contributed by atoms with van der Waals surface area (Å²) in [5, 5.41) is 14.0. The number of amides is 1. The van der Waals surface area contributed by atoms with E-state index in [1.807, 2.05) is 0 Å². The lowest BCUT2D eigenvalue weighted by atomic mass is 9.49. The van der Waals surface area contributed by atoms with Gasteiger partial charge >= 0.3 is 0 Å². The van der Waals surface area contributed by atoms with Gasteiger partial charge in [-0.3, -0.25) is 14.9 Å². The molecule has 1 aromatic rings. The van der Waals surface area contributed by atoms with Crippen molar-refractivity contribution in [1.29, 1.82) is 0 Å². The third-order valence-corrected chi connectivity index (χ3v) is 6.45. The molecule has 0 aromatic heterocycles. The summed E-state index contributed by atoms with van der Waals surface area (Å²) in [6.07, 6.45) is 9.23. The zero-order valence-electron chi connectivity index (χ0n) is 13.9. The zero-order valence-corrected chi connectivity index (χ0v) is 13.9. The van der Waals surface area contributed by atoms with Crippen LogP contribution in [0, 0.1) is 33.3 Å². The van der Waals surface area contributed by atoms with Gasteiger partial charge in [0.2, 0.25) is 0 Å². The summed E-state index contributed by atoms with van der Waals surface area (Å²) in [4.78, 5) is 22.9. The summed E-state index contributed by atoms with van der Waals surface area (Å²) in [5.41, 5.74) is 0.461. The third-order valence-electron chi connectivity index (χ3n) is 6.45. The second-order valence-corrected chi connectivity index (χ2v) is 8.20. The number of benzene rings is 1. The van der Waals surface area contributed by atoms with Gasteiger partial charge in [0.15, 0.2) is 0 Å². The normalized spacial score (nSPS) is 33.4. The molecule has 4 bridgehead atoms. The molecule has 0 unspecified atom stereocenters. The summed E-state index contributed by atoms with van der Waals surface area (Å²) < 4.78 is 0. The van der Waals surface area contributed by atoms with Crippen LogP contribution in [-0.4, -0.2) is 17.4 Å². The summed E-state index contributed by atoms with van der Waals surface area (Å²) in [7, 11) is 0. The van der Waals surface area contributed by atoms with Crippen LogP contribution in [0.25, 0.3) is 0 Å². The predicted octanol–water partition coefficient (Wildman–Crippen LogP) is 3.93. The fraction of sp³-hybridized carbons (Fsp3) is 0.632. The van der Waals surface area contributed by atoms with Gasteiger partial charge in [0.25, 0.3) is 11.6 Å². The Morgan fingerprint density at radius 3 is 2.29 bits per heavy atom. The maximum atomic E-state index is 12.3. The Balaban J connectivity index is 1.38. The van der Waals surface area contributed by atoms with Crippen LogP contribution in [0.15, 0.2) is 24.3 Å². The van der Waals surface area contributed by atoms with Crippen molar-refractivity contribution in [2.24, 2.45) is 23.2 Å². The maximum Gasteiger partial charge on any atom is 0.282 e. The number of nitrogens with one attached hydrogen (secondary N) is 1. The second kappa shape index (κ2) is 5.87. The number of carbonyl (C=O) groups excluding carboxylic acids is 1. The van der Waals surface area contributed by atoms with Crippen LogP contribution in [0.3, 0.4) is 0 Å². The summed E-state index contributed by atoms with van der Waals surface area (Å²) in [5.74, 6) is 2.39. The van der Waals surface area contributed by atoms with Crippen molar-refractivity contribution in [3.8, 4) is 0 Å². The fourth-order valence-corrected chi connectivity index (χ4v) is 5.96. The number of nitrogens with zero attached hydrogens (tertiary/aromatic N) is 1. The van der Waals surface area contributed by atoms with Crippen LogP contribution in [0.2, 0.25) is 0 Å². The van der Waals surface area contributed by atoms with Crippen molar-refractivity contribution in [3.05, 3.63) is 39.9 Å². The molecule has 4 aliphatic rings. The number of rotatable bonds is 5. The second-order valence-electron chi connectivity index (χ2n) is 8.20. The van der Waals surface area contributed by atoms with E-state index in [0.29, 0.717) is 12.0 Å². The third kappa shape index (κ3) is 2.80. The standard InChI is InChI=1S/C19H24N2O3/c22-18(16-3-1-2-4-17(16)21(23)24)20-6-5-19-10-13-7-14(11-19)9-15(8-13)12-19/h1-4,13-15H,5-12H2,(H,20,22). The Labute approximate surface area is 142 Å². The molecule has 5 rings (SSSR count). The Kier molecular flexibility index (Phi) is 3.82. The minimum Gasteiger partial charge on any atom is -0.352 e. The molecule has 4 fully saturated rings. The van der Waals surface area contributed by atoms with E-state index < -0.39 is 4.92 Å². The number of nitro groups is 1. The summed E-state index contributed by atoms with van der Waals surface area (Å²) >= 11 is 0. The smallest absolute Gasteiger partial charge is 0.282 e. The molecule has 4 saturated carbocycles. The number of hydrogen-bond acceptors (Lipinski definition) is 3. The van der Waals surface area contributed by atoms with E-state index >= 15 is 0 Å². The van der Waals surface area contributed by atoms with Gasteiger partial charge in [0.1, 0.15) is 5.56 Å². The first kappa shape index (κ1) is 15.6. The molecule has 0 saturated heterocycles. The highest BCUT2D eigenvalue weighted by molar-refractivity contribution is 5.98. The molecule has 5 heteroatoms. The topological polar surface area (TPSA) is 72.2 Å². The Hall–Kier alpha value is -1.91. The first-order valence-electron chi connectivity index (χ1n) is 9.06. The number of hydrogen-bond donors (Lipinski definition) is 1. The predicted molar refractivity (Wildman–Crippen MR) is 90.7 cm³/mol. The molecular weight excluding hydrogens is 304 g/mol. The molecule has 4 aliphatic carbocycles. The zero-order chi connectivity index (χ0) is 16.7. The van der Waals surface area contributed by atoms with E-state index in [9.17, 15) is 14.9 Å². The van der Waals surface area contributed by atoms with E-state index in [1.54, 1.807) is 12.1 Å². The van der Waals surface area contributed by atoms with Crippen molar-refractivity contribution in [3.63, 3.8) is 0 Å². The molecule has 1 aromatic carbocycles.